The summed E-state index contributed by atoms with van der Waals surface area (Å²) in [5.41, 5.74) is 5.57. The van der Waals surface area contributed by atoms with Gasteiger partial charge in [-0.3, -0.25) is 14.8 Å². The fourth-order valence-electron chi connectivity index (χ4n) is 6.34. The molecule has 13 nitrogen and oxygen atoms in total. The second-order valence-corrected chi connectivity index (χ2v) is 14.9. The molecule has 2 fully saturated rings. The molecule has 0 aliphatic carbocycles. The summed E-state index contributed by atoms with van der Waals surface area (Å²) < 4.78 is 31.2. The van der Waals surface area contributed by atoms with Crippen LogP contribution >= 0.6 is 0 Å². The molecule has 4 aromatic heterocycles. The molecular weight excluding hydrogens is 602 g/mol. The predicted octanol–water partition coefficient (Wildman–Crippen LogP) is 3.11. The van der Waals surface area contributed by atoms with E-state index in [2.05, 4.69) is 56.2 Å². The van der Waals surface area contributed by atoms with E-state index in [1.807, 2.05) is 44.0 Å². The van der Waals surface area contributed by atoms with Crippen LogP contribution in [-0.4, -0.2) is 108 Å². The molecule has 1 N–H and O–H groups in total. The lowest BCUT2D eigenvalue weighted by molar-refractivity contribution is 0.103. The fraction of sp³-hybridized carbons (Fsp3) is 0.531. The summed E-state index contributed by atoms with van der Waals surface area (Å²) in [6.07, 6.45) is 9.30. The van der Waals surface area contributed by atoms with Crippen LogP contribution in [0.5, 0.6) is 0 Å². The Morgan fingerprint density at radius 2 is 1.78 bits per heavy atom. The number of anilines is 1. The Morgan fingerprint density at radius 1 is 1.00 bits per heavy atom. The summed E-state index contributed by atoms with van der Waals surface area (Å²) >= 11 is 0. The number of nitrogens with zero attached hydrogens (tertiary/aromatic N) is 10. The van der Waals surface area contributed by atoms with Crippen LogP contribution in [0.15, 0.2) is 48.3 Å². The number of aromatic nitrogens is 7. The predicted molar refractivity (Wildman–Crippen MR) is 177 cm³/mol. The SMILES string of the molecule is Cc1cnc(N[C@H]2CCN(S(=O)(=O)c3cn(C)cn3)C[C@H]2C)nc1-c1cnn(-c2ccc(CN3CCN(C(C)C)CC3)nc2C)c1. The van der Waals surface area contributed by atoms with Crippen LogP contribution in [0.25, 0.3) is 16.9 Å². The van der Waals surface area contributed by atoms with Crippen molar-refractivity contribution in [3.8, 4) is 16.9 Å². The van der Waals surface area contributed by atoms with E-state index in [0.717, 1.165) is 66.6 Å². The highest BCUT2D eigenvalue weighted by atomic mass is 32.2. The van der Waals surface area contributed by atoms with E-state index < -0.39 is 10.0 Å². The van der Waals surface area contributed by atoms with E-state index in [9.17, 15) is 8.42 Å². The van der Waals surface area contributed by atoms with Gasteiger partial charge in [-0.15, -0.1) is 0 Å². The Balaban J connectivity index is 1.11. The molecule has 4 aromatic rings. The van der Waals surface area contributed by atoms with Gasteiger partial charge >= 0.3 is 0 Å². The molecule has 0 spiro atoms. The maximum atomic E-state index is 13.1. The minimum Gasteiger partial charge on any atom is -0.351 e. The number of sulfonamides is 1. The van der Waals surface area contributed by atoms with Gasteiger partial charge in [0.1, 0.15) is 0 Å². The smallest absolute Gasteiger partial charge is 0.262 e. The third-order valence-corrected chi connectivity index (χ3v) is 10.9. The van der Waals surface area contributed by atoms with Gasteiger partial charge in [0.05, 0.1) is 35.3 Å². The minimum absolute atomic E-state index is 0.0276. The molecule has 2 aliphatic rings. The van der Waals surface area contributed by atoms with Crippen molar-refractivity contribution in [1.82, 2.24) is 48.4 Å². The lowest BCUT2D eigenvalue weighted by Gasteiger charge is -2.36. The van der Waals surface area contributed by atoms with Gasteiger partial charge in [0, 0.05) is 89.1 Å². The molecular formula is C32H45N11O2S. The van der Waals surface area contributed by atoms with Crippen LogP contribution in [0.4, 0.5) is 5.95 Å². The summed E-state index contributed by atoms with van der Waals surface area (Å²) in [7, 11) is -1.87. The Kier molecular flexibility index (Phi) is 9.24. The van der Waals surface area contributed by atoms with Crippen molar-refractivity contribution in [1.29, 1.82) is 0 Å². The summed E-state index contributed by atoms with van der Waals surface area (Å²) in [5.74, 6) is 0.564. The van der Waals surface area contributed by atoms with E-state index >= 15 is 0 Å². The first-order chi connectivity index (χ1) is 22.0. The summed E-state index contributed by atoms with van der Waals surface area (Å²) in [4.78, 5) is 23.4. The Morgan fingerprint density at radius 3 is 2.46 bits per heavy atom. The zero-order valence-corrected chi connectivity index (χ0v) is 28.4. The average Bonchev–Trinajstić information content (AvgIpc) is 3.69. The van der Waals surface area contributed by atoms with Crippen molar-refractivity contribution in [3.63, 3.8) is 0 Å². The van der Waals surface area contributed by atoms with Gasteiger partial charge in [-0.05, 0) is 57.7 Å². The zero-order chi connectivity index (χ0) is 32.6. The lowest BCUT2D eigenvalue weighted by Crippen LogP contribution is -2.48. The Labute approximate surface area is 271 Å². The molecule has 6 rings (SSSR count). The number of nitrogens with one attached hydrogen (secondary N) is 1. The van der Waals surface area contributed by atoms with Crippen LogP contribution in [0.2, 0.25) is 0 Å². The number of hydrogen-bond acceptors (Lipinski definition) is 10. The van der Waals surface area contributed by atoms with Crippen molar-refractivity contribution in [2.24, 2.45) is 13.0 Å². The van der Waals surface area contributed by atoms with E-state index in [0.29, 0.717) is 31.5 Å². The van der Waals surface area contributed by atoms with Gasteiger partial charge in [0.25, 0.3) is 10.0 Å². The second kappa shape index (κ2) is 13.2. The molecule has 0 amide bonds. The molecule has 2 saturated heterocycles. The topological polar surface area (TPSA) is 130 Å². The molecule has 0 unspecified atom stereocenters. The Hall–Kier alpha value is -3.72. The van der Waals surface area contributed by atoms with E-state index in [1.165, 1.54) is 16.8 Å². The first-order valence-corrected chi connectivity index (χ1v) is 17.5. The van der Waals surface area contributed by atoms with Crippen molar-refractivity contribution in [2.45, 2.75) is 64.7 Å². The van der Waals surface area contributed by atoms with Crippen LogP contribution in [0.3, 0.4) is 0 Å². The lowest BCUT2D eigenvalue weighted by atomic mass is 9.95. The highest BCUT2D eigenvalue weighted by Gasteiger charge is 2.35. The Bertz CT molecular complexity index is 1780. The standard InChI is InChI=1S/C32H45N11O2S/c1-22(2)41-13-11-40(12-14-41)19-27-7-8-29(25(5)36-27)43-18-26(16-35-43)31-23(3)15-33-32(38-31)37-28-9-10-42(17-24(28)4)46(44,45)30-20-39(6)21-34-30/h7-8,15-16,18,20-22,24,28H,9-14,17,19H2,1-6H3,(H,33,37,38)/t24-,28+/m1/s1. The number of rotatable bonds is 9. The van der Waals surface area contributed by atoms with Crippen LogP contribution in [0, 0.1) is 19.8 Å². The number of piperazine rings is 1. The number of hydrogen-bond donors (Lipinski definition) is 1. The summed E-state index contributed by atoms with van der Waals surface area (Å²) in [5, 5.41) is 8.21. The zero-order valence-electron chi connectivity index (χ0n) is 27.6. The largest absolute Gasteiger partial charge is 0.351 e. The van der Waals surface area contributed by atoms with Gasteiger partial charge in [-0.25, -0.2) is 28.1 Å². The van der Waals surface area contributed by atoms with E-state index in [4.69, 9.17) is 9.97 Å². The molecule has 0 aromatic carbocycles. The van der Waals surface area contributed by atoms with Crippen molar-refractivity contribution < 1.29 is 8.42 Å². The molecule has 0 bridgehead atoms. The number of piperidine rings is 1. The van der Waals surface area contributed by atoms with Gasteiger partial charge in [-0.2, -0.15) is 9.40 Å². The normalized spacial score (nSPS) is 20.4. The molecule has 246 valence electrons. The highest BCUT2D eigenvalue weighted by molar-refractivity contribution is 7.89. The molecule has 2 aliphatic heterocycles. The molecule has 2 atom stereocenters. The van der Waals surface area contributed by atoms with Gasteiger partial charge in [0.2, 0.25) is 5.95 Å². The third kappa shape index (κ3) is 6.85. The molecule has 6 heterocycles. The maximum absolute atomic E-state index is 13.1. The molecule has 14 heteroatoms. The highest BCUT2D eigenvalue weighted by Crippen LogP contribution is 2.27. The molecule has 0 radical (unpaired) electrons. The first-order valence-electron chi connectivity index (χ1n) is 16.0. The molecule has 0 saturated carbocycles. The monoisotopic (exact) mass is 647 g/mol. The van der Waals surface area contributed by atoms with Gasteiger partial charge in [-0.1, -0.05) is 6.92 Å². The molecule has 46 heavy (non-hydrogen) atoms. The average molecular weight is 648 g/mol. The van der Waals surface area contributed by atoms with Crippen molar-refractivity contribution in [2.75, 3.05) is 44.6 Å². The second-order valence-electron chi connectivity index (χ2n) is 13.0. The van der Waals surface area contributed by atoms with Crippen LogP contribution in [-0.2, 0) is 23.6 Å². The fourth-order valence-corrected chi connectivity index (χ4v) is 7.87. The summed E-state index contributed by atoms with van der Waals surface area (Å²) in [6, 6.07) is 4.82. The third-order valence-electron chi connectivity index (χ3n) is 9.18. The summed E-state index contributed by atoms with van der Waals surface area (Å²) in [6.45, 7) is 16.5. The van der Waals surface area contributed by atoms with Crippen molar-refractivity contribution in [3.05, 3.63) is 60.2 Å². The maximum Gasteiger partial charge on any atom is 0.262 e. The minimum atomic E-state index is -3.63. The number of aryl methyl sites for hydroxylation is 3. The number of pyridine rings is 1. The van der Waals surface area contributed by atoms with Crippen LogP contribution in [0.1, 0.15) is 44.1 Å². The van der Waals surface area contributed by atoms with Gasteiger partial charge in [0.15, 0.2) is 5.03 Å². The van der Waals surface area contributed by atoms with E-state index in [-0.39, 0.29) is 17.0 Å². The first kappa shape index (κ1) is 32.2. The number of imidazole rings is 1. The van der Waals surface area contributed by atoms with Gasteiger partial charge < -0.3 is 9.88 Å². The van der Waals surface area contributed by atoms with E-state index in [1.54, 1.807) is 11.6 Å². The quantitative estimate of drug-likeness (QED) is 0.289. The van der Waals surface area contributed by atoms with Crippen LogP contribution < -0.4 is 5.32 Å². The van der Waals surface area contributed by atoms with Crippen molar-refractivity contribution >= 4 is 16.0 Å².